The number of amides is 2. The van der Waals surface area contributed by atoms with Crippen LogP contribution >= 0.6 is 0 Å². The van der Waals surface area contributed by atoms with Crippen molar-refractivity contribution in [2.75, 3.05) is 44.2 Å². The largest absolute Gasteiger partial charge is 0.352 e. The number of nitrogens with zero attached hydrogens (tertiary/aromatic N) is 5. The summed E-state index contributed by atoms with van der Waals surface area (Å²) in [5, 5.41) is 8.82. The van der Waals surface area contributed by atoms with Gasteiger partial charge in [0.05, 0.1) is 5.69 Å². The Morgan fingerprint density at radius 2 is 1.34 bits per heavy atom. The monoisotopic (exact) mass is 505 g/mol. The van der Waals surface area contributed by atoms with Gasteiger partial charge >= 0.3 is 0 Å². The van der Waals surface area contributed by atoms with Gasteiger partial charge in [-0.2, -0.15) is 0 Å². The highest BCUT2D eigenvalue weighted by Crippen LogP contribution is 2.19. The third-order valence-corrected chi connectivity index (χ3v) is 6.82. The van der Waals surface area contributed by atoms with E-state index in [0.717, 1.165) is 22.6 Å². The number of carbonyl (C=O) groups excluding carboxylic acids is 2. The second kappa shape index (κ2) is 12.1. The molecule has 3 aromatic carbocycles. The number of aromatic nitrogens is 2. The van der Waals surface area contributed by atoms with Crippen molar-refractivity contribution in [2.24, 2.45) is 0 Å². The van der Waals surface area contributed by atoms with Crippen molar-refractivity contribution in [1.29, 1.82) is 0 Å². The van der Waals surface area contributed by atoms with E-state index in [4.69, 9.17) is 0 Å². The smallest absolute Gasteiger partial charge is 0.254 e. The predicted octanol–water partition coefficient (Wildman–Crippen LogP) is 4.18. The van der Waals surface area contributed by atoms with Crippen LogP contribution in [-0.2, 0) is 11.2 Å². The van der Waals surface area contributed by atoms with Crippen molar-refractivity contribution in [3.05, 3.63) is 114 Å². The molecule has 7 nitrogen and oxygen atoms in total. The molecular weight excluding hydrogens is 474 g/mol. The minimum atomic E-state index is -0.123. The van der Waals surface area contributed by atoms with Crippen LogP contribution in [0.3, 0.4) is 0 Å². The molecule has 4 aromatic rings. The molecule has 0 unspecified atom stereocenters. The zero-order valence-electron chi connectivity index (χ0n) is 21.3. The molecule has 0 bridgehead atoms. The van der Waals surface area contributed by atoms with Gasteiger partial charge in [-0.1, -0.05) is 78.9 Å². The first-order chi connectivity index (χ1) is 18.7. The van der Waals surface area contributed by atoms with E-state index in [2.05, 4.69) is 15.1 Å². The minimum Gasteiger partial charge on any atom is -0.352 e. The number of hydrogen-bond acceptors (Lipinski definition) is 5. The van der Waals surface area contributed by atoms with Gasteiger partial charge < -0.3 is 14.7 Å². The maximum atomic E-state index is 13.3. The van der Waals surface area contributed by atoms with E-state index in [-0.39, 0.29) is 18.4 Å². The Hall–Kier alpha value is -4.52. The number of anilines is 1. The van der Waals surface area contributed by atoms with Crippen molar-refractivity contribution in [1.82, 2.24) is 20.0 Å². The van der Waals surface area contributed by atoms with Crippen LogP contribution in [0.15, 0.2) is 103 Å². The average Bonchev–Trinajstić information content (AvgIpc) is 3.00. The Balaban J connectivity index is 1.19. The summed E-state index contributed by atoms with van der Waals surface area (Å²) in [6.07, 6.45) is 0.693. The maximum Gasteiger partial charge on any atom is 0.254 e. The Morgan fingerprint density at radius 1 is 0.711 bits per heavy atom. The molecule has 1 saturated heterocycles. The van der Waals surface area contributed by atoms with E-state index in [0.29, 0.717) is 44.7 Å². The summed E-state index contributed by atoms with van der Waals surface area (Å²) in [6.45, 7) is 3.03. The van der Waals surface area contributed by atoms with Crippen LogP contribution in [0.5, 0.6) is 0 Å². The summed E-state index contributed by atoms with van der Waals surface area (Å²) in [5.74, 6) is 0.648. The molecule has 1 fully saturated rings. The van der Waals surface area contributed by atoms with Crippen LogP contribution < -0.4 is 4.90 Å². The van der Waals surface area contributed by atoms with E-state index >= 15 is 0 Å². The number of carbonyl (C=O) groups is 2. The average molecular weight is 506 g/mol. The Labute approximate surface area is 223 Å². The molecule has 0 saturated carbocycles. The highest BCUT2D eigenvalue weighted by atomic mass is 16.2. The molecule has 0 spiro atoms. The summed E-state index contributed by atoms with van der Waals surface area (Å²) in [5.41, 5.74) is 3.60. The molecule has 7 heteroatoms. The van der Waals surface area contributed by atoms with E-state index in [1.54, 1.807) is 17.0 Å². The topological polar surface area (TPSA) is 69.6 Å². The van der Waals surface area contributed by atoms with E-state index in [1.807, 2.05) is 95.9 Å². The van der Waals surface area contributed by atoms with E-state index < -0.39 is 0 Å². The fourth-order valence-corrected chi connectivity index (χ4v) is 4.63. The van der Waals surface area contributed by atoms with Crippen LogP contribution in [0.25, 0.3) is 11.3 Å². The third-order valence-electron chi connectivity index (χ3n) is 6.82. The van der Waals surface area contributed by atoms with Crippen LogP contribution in [0.2, 0.25) is 0 Å². The molecule has 0 aliphatic carbocycles. The van der Waals surface area contributed by atoms with Crippen molar-refractivity contribution in [3.63, 3.8) is 0 Å². The SMILES string of the molecule is O=C(CN(CCc1ccccc1)C(=O)c1ccccc1)N1CCN(c2ccc(-c3ccccc3)nn2)CC1. The quantitative estimate of drug-likeness (QED) is 0.359. The lowest BCUT2D eigenvalue weighted by Gasteiger charge is -2.36. The standard InChI is InChI=1S/C31H31N5O2/c37-30(24-36(19-18-25-10-4-1-5-11-25)31(38)27-14-8-3-9-15-27)35-22-20-34(21-23-35)29-17-16-28(32-33-29)26-12-6-2-7-13-26/h1-17H,18-24H2. The molecule has 192 valence electrons. The lowest BCUT2D eigenvalue weighted by atomic mass is 10.1. The van der Waals surface area contributed by atoms with Crippen LogP contribution in [0, 0.1) is 0 Å². The first-order valence-corrected chi connectivity index (χ1v) is 13.0. The van der Waals surface area contributed by atoms with Crippen LogP contribution in [0.4, 0.5) is 5.82 Å². The van der Waals surface area contributed by atoms with Gasteiger partial charge in [-0.3, -0.25) is 9.59 Å². The lowest BCUT2D eigenvalue weighted by molar-refractivity contribution is -0.132. The molecule has 2 heterocycles. The Morgan fingerprint density at radius 3 is 1.97 bits per heavy atom. The molecule has 0 atom stereocenters. The maximum absolute atomic E-state index is 13.3. The van der Waals surface area contributed by atoms with Gasteiger partial charge in [-0.25, -0.2) is 0 Å². The molecule has 38 heavy (non-hydrogen) atoms. The first-order valence-electron chi connectivity index (χ1n) is 13.0. The summed E-state index contributed by atoms with van der Waals surface area (Å²) in [4.78, 5) is 32.2. The lowest BCUT2D eigenvalue weighted by Crippen LogP contribution is -2.52. The van der Waals surface area contributed by atoms with Gasteiger partial charge in [0.1, 0.15) is 6.54 Å². The van der Waals surface area contributed by atoms with Crippen molar-refractivity contribution in [2.45, 2.75) is 6.42 Å². The number of piperazine rings is 1. The predicted molar refractivity (Wildman–Crippen MR) is 149 cm³/mol. The highest BCUT2D eigenvalue weighted by molar-refractivity contribution is 5.96. The molecule has 1 aromatic heterocycles. The Bertz CT molecular complexity index is 1320. The summed E-state index contributed by atoms with van der Waals surface area (Å²) >= 11 is 0. The zero-order valence-corrected chi connectivity index (χ0v) is 21.3. The third kappa shape index (κ3) is 6.24. The zero-order chi connectivity index (χ0) is 26.2. The van der Waals surface area contributed by atoms with E-state index in [1.165, 1.54) is 0 Å². The second-order valence-electron chi connectivity index (χ2n) is 9.34. The van der Waals surface area contributed by atoms with Crippen LogP contribution in [-0.4, -0.2) is 71.1 Å². The minimum absolute atomic E-state index is 0.0347. The summed E-state index contributed by atoms with van der Waals surface area (Å²) in [7, 11) is 0. The number of rotatable bonds is 8. The summed E-state index contributed by atoms with van der Waals surface area (Å²) < 4.78 is 0. The van der Waals surface area contributed by atoms with Gasteiger partial charge in [-0.05, 0) is 36.2 Å². The molecule has 1 aliphatic heterocycles. The van der Waals surface area contributed by atoms with Crippen molar-refractivity contribution >= 4 is 17.6 Å². The van der Waals surface area contributed by atoms with Gasteiger partial charge in [0, 0.05) is 43.9 Å². The first kappa shape index (κ1) is 25.1. The molecular formula is C31H31N5O2. The summed E-state index contributed by atoms with van der Waals surface area (Å²) in [6, 6.07) is 33.1. The van der Waals surface area contributed by atoms with Gasteiger partial charge in [0.15, 0.2) is 5.82 Å². The molecule has 1 aliphatic rings. The van der Waals surface area contributed by atoms with Gasteiger partial charge in [0.2, 0.25) is 5.91 Å². The van der Waals surface area contributed by atoms with Crippen molar-refractivity contribution in [3.8, 4) is 11.3 Å². The fourth-order valence-electron chi connectivity index (χ4n) is 4.63. The van der Waals surface area contributed by atoms with E-state index in [9.17, 15) is 9.59 Å². The molecule has 0 radical (unpaired) electrons. The van der Waals surface area contributed by atoms with Gasteiger partial charge in [0.25, 0.3) is 5.91 Å². The number of benzene rings is 3. The normalized spacial score (nSPS) is 13.3. The molecule has 5 rings (SSSR count). The van der Waals surface area contributed by atoms with Gasteiger partial charge in [-0.15, -0.1) is 10.2 Å². The van der Waals surface area contributed by atoms with Crippen molar-refractivity contribution < 1.29 is 9.59 Å². The second-order valence-corrected chi connectivity index (χ2v) is 9.34. The highest BCUT2D eigenvalue weighted by Gasteiger charge is 2.26. The molecule has 0 N–H and O–H groups in total. The fraction of sp³-hybridized carbons (Fsp3) is 0.226. The molecule has 2 amide bonds. The van der Waals surface area contributed by atoms with Crippen LogP contribution in [0.1, 0.15) is 15.9 Å². The number of hydrogen-bond donors (Lipinski definition) is 0. The Kier molecular flexibility index (Phi) is 8.04.